The number of aryl methyl sites for hydroxylation is 1. The van der Waals surface area contributed by atoms with Crippen LogP contribution >= 0.6 is 0 Å². The Morgan fingerprint density at radius 1 is 1.00 bits per heavy atom. The standard InChI is InChI=1S/C18H14N2O2S/c1-14-7-9-17(10-8-14)23(21,22)20-11-3-6-18(20)16-5-2-4-15(12-16)13-19/h2-12H,1H3. The van der Waals surface area contributed by atoms with Gasteiger partial charge in [-0.15, -0.1) is 0 Å². The number of benzene rings is 2. The smallest absolute Gasteiger partial charge is 0.241 e. The Balaban J connectivity index is 2.14. The molecule has 0 saturated carbocycles. The predicted octanol–water partition coefficient (Wildman–Crippen LogP) is 3.57. The molecule has 3 aromatic rings. The monoisotopic (exact) mass is 322 g/mol. The van der Waals surface area contributed by atoms with Crippen molar-refractivity contribution in [1.82, 2.24) is 3.97 Å². The lowest BCUT2D eigenvalue weighted by Gasteiger charge is -2.11. The second-order valence-corrected chi connectivity index (χ2v) is 7.01. The number of rotatable bonds is 3. The van der Waals surface area contributed by atoms with Crippen LogP contribution < -0.4 is 0 Å². The van der Waals surface area contributed by atoms with Crippen LogP contribution in [0, 0.1) is 18.3 Å². The van der Waals surface area contributed by atoms with Crippen LogP contribution in [0.4, 0.5) is 0 Å². The largest absolute Gasteiger partial charge is 0.268 e. The zero-order valence-electron chi connectivity index (χ0n) is 12.5. The van der Waals surface area contributed by atoms with E-state index in [0.717, 1.165) is 5.56 Å². The van der Waals surface area contributed by atoms with E-state index >= 15 is 0 Å². The van der Waals surface area contributed by atoms with E-state index in [0.29, 0.717) is 16.8 Å². The summed E-state index contributed by atoms with van der Waals surface area (Å²) in [4.78, 5) is 0.233. The molecule has 1 heterocycles. The van der Waals surface area contributed by atoms with Crippen molar-refractivity contribution in [3.63, 3.8) is 0 Å². The van der Waals surface area contributed by atoms with Gasteiger partial charge in [0.2, 0.25) is 0 Å². The minimum Gasteiger partial charge on any atom is -0.241 e. The number of nitrogens with zero attached hydrogens (tertiary/aromatic N) is 2. The summed E-state index contributed by atoms with van der Waals surface area (Å²) in [6.45, 7) is 1.91. The zero-order chi connectivity index (χ0) is 16.4. The van der Waals surface area contributed by atoms with Crippen molar-refractivity contribution < 1.29 is 8.42 Å². The third kappa shape index (κ3) is 2.77. The van der Waals surface area contributed by atoms with Gasteiger partial charge in [0, 0.05) is 11.8 Å². The van der Waals surface area contributed by atoms with Crippen LogP contribution in [0.15, 0.2) is 71.8 Å². The first kappa shape index (κ1) is 15.1. The molecule has 0 aliphatic heterocycles. The molecule has 1 aromatic heterocycles. The lowest BCUT2D eigenvalue weighted by Crippen LogP contribution is -2.13. The lowest BCUT2D eigenvalue weighted by atomic mass is 10.1. The fourth-order valence-corrected chi connectivity index (χ4v) is 3.73. The Hall–Kier alpha value is -2.84. The highest BCUT2D eigenvalue weighted by Crippen LogP contribution is 2.25. The van der Waals surface area contributed by atoms with Crippen LogP contribution in [-0.4, -0.2) is 12.4 Å². The summed E-state index contributed by atoms with van der Waals surface area (Å²) in [7, 11) is -3.68. The second-order valence-electron chi connectivity index (χ2n) is 5.20. The average Bonchev–Trinajstić information content (AvgIpc) is 3.06. The molecule has 0 N–H and O–H groups in total. The molecule has 0 unspecified atom stereocenters. The molecule has 3 rings (SSSR count). The van der Waals surface area contributed by atoms with Gasteiger partial charge in [-0.3, -0.25) is 0 Å². The summed E-state index contributed by atoms with van der Waals surface area (Å²) in [5, 5.41) is 9.02. The molecular formula is C18H14N2O2S. The topological polar surface area (TPSA) is 62.9 Å². The fourth-order valence-electron chi connectivity index (χ4n) is 2.37. The third-order valence-corrected chi connectivity index (χ3v) is 5.28. The quantitative estimate of drug-likeness (QED) is 0.740. The van der Waals surface area contributed by atoms with Crippen LogP contribution in [-0.2, 0) is 10.0 Å². The van der Waals surface area contributed by atoms with Gasteiger partial charge in [-0.1, -0.05) is 29.8 Å². The van der Waals surface area contributed by atoms with Crippen LogP contribution in [0.2, 0.25) is 0 Å². The van der Waals surface area contributed by atoms with E-state index in [9.17, 15) is 8.42 Å². The van der Waals surface area contributed by atoms with Crippen molar-refractivity contribution in [2.75, 3.05) is 0 Å². The minimum absolute atomic E-state index is 0.233. The molecule has 0 bridgehead atoms. The molecule has 0 amide bonds. The average molecular weight is 322 g/mol. The fraction of sp³-hybridized carbons (Fsp3) is 0.0556. The Morgan fingerprint density at radius 3 is 2.43 bits per heavy atom. The summed E-state index contributed by atoms with van der Waals surface area (Å²) in [6, 6.07) is 19.1. The molecule has 0 aliphatic carbocycles. The molecule has 0 radical (unpaired) electrons. The van der Waals surface area contributed by atoms with Gasteiger partial charge in [0.05, 0.1) is 22.2 Å². The van der Waals surface area contributed by atoms with Gasteiger partial charge < -0.3 is 0 Å². The first-order valence-electron chi connectivity index (χ1n) is 7.02. The lowest BCUT2D eigenvalue weighted by molar-refractivity contribution is 0.588. The number of hydrogen-bond acceptors (Lipinski definition) is 3. The molecule has 4 nitrogen and oxygen atoms in total. The van der Waals surface area contributed by atoms with Crippen molar-refractivity contribution in [1.29, 1.82) is 5.26 Å². The van der Waals surface area contributed by atoms with Gasteiger partial charge in [0.25, 0.3) is 10.0 Å². The van der Waals surface area contributed by atoms with Crippen LogP contribution in [0.3, 0.4) is 0 Å². The van der Waals surface area contributed by atoms with E-state index in [2.05, 4.69) is 6.07 Å². The first-order valence-corrected chi connectivity index (χ1v) is 8.46. The van der Waals surface area contributed by atoms with Crippen molar-refractivity contribution in [2.24, 2.45) is 0 Å². The van der Waals surface area contributed by atoms with E-state index in [1.54, 1.807) is 60.7 Å². The molecule has 2 aromatic carbocycles. The minimum atomic E-state index is -3.68. The SMILES string of the molecule is Cc1ccc(S(=O)(=O)n2cccc2-c2cccc(C#N)c2)cc1. The summed E-state index contributed by atoms with van der Waals surface area (Å²) < 4.78 is 26.9. The highest BCUT2D eigenvalue weighted by atomic mass is 32.2. The Morgan fingerprint density at radius 2 is 1.74 bits per heavy atom. The summed E-state index contributed by atoms with van der Waals surface area (Å²) in [5.41, 5.74) is 2.70. The molecule has 0 atom stereocenters. The molecular weight excluding hydrogens is 308 g/mol. The number of hydrogen-bond donors (Lipinski definition) is 0. The maximum absolute atomic E-state index is 12.9. The van der Waals surface area contributed by atoms with Gasteiger partial charge >= 0.3 is 0 Å². The van der Waals surface area contributed by atoms with Crippen LogP contribution in [0.1, 0.15) is 11.1 Å². The Kier molecular flexibility index (Phi) is 3.77. The summed E-state index contributed by atoms with van der Waals surface area (Å²) in [6.07, 6.45) is 1.52. The molecule has 5 heteroatoms. The van der Waals surface area contributed by atoms with Crippen molar-refractivity contribution >= 4 is 10.0 Å². The third-order valence-electron chi connectivity index (χ3n) is 3.58. The molecule has 114 valence electrons. The predicted molar refractivity (Wildman–Crippen MR) is 88.3 cm³/mol. The van der Waals surface area contributed by atoms with Gasteiger partial charge in [-0.2, -0.15) is 5.26 Å². The molecule has 0 aliphatic rings. The van der Waals surface area contributed by atoms with Gasteiger partial charge in [0.1, 0.15) is 0 Å². The number of aromatic nitrogens is 1. The van der Waals surface area contributed by atoms with Crippen LogP contribution in [0.25, 0.3) is 11.3 Å². The first-order chi connectivity index (χ1) is 11.0. The number of nitriles is 1. The molecule has 23 heavy (non-hydrogen) atoms. The van der Waals surface area contributed by atoms with Gasteiger partial charge in [-0.05, 0) is 43.3 Å². The van der Waals surface area contributed by atoms with Crippen LogP contribution in [0.5, 0.6) is 0 Å². The van der Waals surface area contributed by atoms with Gasteiger partial charge in [0.15, 0.2) is 0 Å². The molecule has 0 fully saturated rings. The Bertz CT molecular complexity index is 994. The maximum atomic E-state index is 12.9. The highest BCUT2D eigenvalue weighted by molar-refractivity contribution is 7.90. The molecule has 0 saturated heterocycles. The second kappa shape index (κ2) is 5.75. The summed E-state index contributed by atoms with van der Waals surface area (Å²) >= 11 is 0. The van der Waals surface area contributed by atoms with E-state index in [4.69, 9.17) is 5.26 Å². The van der Waals surface area contributed by atoms with Gasteiger partial charge in [-0.25, -0.2) is 12.4 Å². The maximum Gasteiger partial charge on any atom is 0.268 e. The molecule has 0 spiro atoms. The van der Waals surface area contributed by atoms with Crippen molar-refractivity contribution in [3.05, 3.63) is 78.0 Å². The van der Waals surface area contributed by atoms with E-state index in [1.807, 2.05) is 6.92 Å². The van der Waals surface area contributed by atoms with E-state index < -0.39 is 10.0 Å². The zero-order valence-corrected chi connectivity index (χ0v) is 13.3. The Labute approximate surface area is 135 Å². The highest BCUT2D eigenvalue weighted by Gasteiger charge is 2.19. The van der Waals surface area contributed by atoms with E-state index in [1.165, 1.54) is 10.2 Å². The normalized spacial score (nSPS) is 11.1. The van der Waals surface area contributed by atoms with Crippen molar-refractivity contribution in [3.8, 4) is 17.3 Å². The summed E-state index contributed by atoms with van der Waals surface area (Å²) in [5.74, 6) is 0. The van der Waals surface area contributed by atoms with Crippen molar-refractivity contribution in [2.45, 2.75) is 11.8 Å². The van der Waals surface area contributed by atoms with E-state index in [-0.39, 0.29) is 4.90 Å².